The molecule has 26 heavy (non-hydrogen) atoms. The predicted molar refractivity (Wildman–Crippen MR) is 97.4 cm³/mol. The molecule has 0 saturated heterocycles. The number of nitro benzene ring substituents is 2. The molecular weight excluding hydrogens is 340 g/mol. The minimum Gasteiger partial charge on any atom is -0.384 e. The van der Waals surface area contributed by atoms with Crippen LogP contribution < -0.4 is 11.5 Å². The van der Waals surface area contributed by atoms with Gasteiger partial charge in [0.05, 0.1) is 22.9 Å². The second-order valence-electron chi connectivity index (χ2n) is 5.15. The van der Waals surface area contributed by atoms with Crippen LogP contribution in [0.4, 0.5) is 11.4 Å². The van der Waals surface area contributed by atoms with Gasteiger partial charge in [-0.25, -0.2) is 0 Å². The third kappa shape index (κ3) is 4.84. The summed E-state index contributed by atoms with van der Waals surface area (Å²) in [6.45, 7) is 0.425. The number of benzene rings is 2. The molecule has 0 heterocycles. The molecule has 0 aromatic heterocycles. The van der Waals surface area contributed by atoms with Gasteiger partial charge < -0.3 is 11.5 Å². The molecule has 10 heteroatoms. The van der Waals surface area contributed by atoms with Crippen molar-refractivity contribution in [3.05, 3.63) is 79.9 Å². The number of nitro groups is 2. The van der Waals surface area contributed by atoms with Crippen LogP contribution in [0.25, 0.3) is 0 Å². The van der Waals surface area contributed by atoms with Crippen molar-refractivity contribution in [3.63, 3.8) is 0 Å². The fraction of sp³-hybridized carbons (Fsp3) is 0.125. The summed E-state index contributed by atoms with van der Waals surface area (Å²) in [4.78, 5) is 28.7. The van der Waals surface area contributed by atoms with Crippen LogP contribution in [0, 0.1) is 20.2 Å². The monoisotopic (exact) mass is 356 g/mol. The highest BCUT2D eigenvalue weighted by Gasteiger charge is 2.08. The van der Waals surface area contributed by atoms with Crippen molar-refractivity contribution >= 4 is 23.0 Å². The molecule has 0 saturated carbocycles. The van der Waals surface area contributed by atoms with E-state index in [0.717, 1.165) is 0 Å². The van der Waals surface area contributed by atoms with E-state index in [0.29, 0.717) is 11.1 Å². The number of hydrogen-bond acceptors (Lipinski definition) is 6. The average Bonchev–Trinajstić information content (AvgIpc) is 2.65. The normalized spacial score (nSPS) is 12.0. The summed E-state index contributed by atoms with van der Waals surface area (Å²) < 4.78 is 0. The Morgan fingerprint density at radius 1 is 0.808 bits per heavy atom. The fourth-order valence-corrected chi connectivity index (χ4v) is 2.08. The standard InChI is InChI=1S/C16H16N6O4/c17-15(11-3-1-5-13(9-11)21(23)24)19-7-8-20-16(18)12-4-2-6-14(10-12)22(25)26/h1-6,9-10H,7-8H2,(H2,17,19)(H2,18,20). The summed E-state index contributed by atoms with van der Waals surface area (Å²) in [6, 6.07) is 11.7. The van der Waals surface area contributed by atoms with Crippen LogP contribution in [0.2, 0.25) is 0 Å². The van der Waals surface area contributed by atoms with Crippen LogP contribution in [-0.2, 0) is 0 Å². The lowest BCUT2D eigenvalue weighted by Crippen LogP contribution is -2.16. The molecular formula is C16H16N6O4. The van der Waals surface area contributed by atoms with Gasteiger partial charge in [-0.1, -0.05) is 24.3 Å². The number of nitrogens with zero attached hydrogens (tertiary/aromatic N) is 4. The van der Waals surface area contributed by atoms with Crippen LogP contribution in [0.5, 0.6) is 0 Å². The molecule has 2 rings (SSSR count). The van der Waals surface area contributed by atoms with E-state index in [4.69, 9.17) is 11.5 Å². The number of hydrogen-bond donors (Lipinski definition) is 2. The summed E-state index contributed by atoms with van der Waals surface area (Å²) in [6.07, 6.45) is 0. The molecule has 2 aromatic rings. The largest absolute Gasteiger partial charge is 0.384 e. The van der Waals surface area contributed by atoms with Crippen molar-refractivity contribution in [2.45, 2.75) is 0 Å². The topological polar surface area (TPSA) is 163 Å². The molecule has 0 aliphatic heterocycles. The minimum atomic E-state index is -0.513. The Morgan fingerprint density at radius 2 is 1.19 bits per heavy atom. The van der Waals surface area contributed by atoms with E-state index in [2.05, 4.69) is 9.98 Å². The van der Waals surface area contributed by atoms with Gasteiger partial charge in [0.2, 0.25) is 0 Å². The van der Waals surface area contributed by atoms with Crippen molar-refractivity contribution in [3.8, 4) is 0 Å². The third-order valence-corrected chi connectivity index (χ3v) is 3.37. The summed E-state index contributed by atoms with van der Waals surface area (Å²) in [5, 5.41) is 21.5. The molecule has 0 radical (unpaired) electrons. The van der Waals surface area contributed by atoms with Crippen molar-refractivity contribution in [2.75, 3.05) is 13.1 Å². The summed E-state index contributed by atoms with van der Waals surface area (Å²) in [5.74, 6) is 0.302. The molecule has 10 nitrogen and oxygen atoms in total. The Kier molecular flexibility index (Phi) is 5.93. The highest BCUT2D eigenvalue weighted by Crippen LogP contribution is 2.13. The molecule has 4 N–H and O–H groups in total. The van der Waals surface area contributed by atoms with Crippen LogP contribution in [0.15, 0.2) is 58.5 Å². The maximum Gasteiger partial charge on any atom is 0.270 e. The van der Waals surface area contributed by atoms with Gasteiger partial charge in [-0.3, -0.25) is 30.2 Å². The van der Waals surface area contributed by atoms with E-state index in [1.165, 1.54) is 36.4 Å². The highest BCUT2D eigenvalue weighted by molar-refractivity contribution is 5.98. The Morgan fingerprint density at radius 3 is 1.54 bits per heavy atom. The van der Waals surface area contributed by atoms with Crippen molar-refractivity contribution in [1.29, 1.82) is 0 Å². The Balaban J connectivity index is 2.02. The molecule has 134 valence electrons. The van der Waals surface area contributed by atoms with Gasteiger partial charge in [-0.2, -0.15) is 0 Å². The zero-order chi connectivity index (χ0) is 19.1. The van der Waals surface area contributed by atoms with Gasteiger partial charge in [0, 0.05) is 35.4 Å². The van der Waals surface area contributed by atoms with E-state index in [-0.39, 0.29) is 36.1 Å². The Bertz CT molecular complexity index is 820. The van der Waals surface area contributed by atoms with Crippen LogP contribution in [-0.4, -0.2) is 34.6 Å². The summed E-state index contributed by atoms with van der Waals surface area (Å²) in [7, 11) is 0. The molecule has 0 bridgehead atoms. The molecule has 0 amide bonds. The first-order chi connectivity index (χ1) is 12.4. The van der Waals surface area contributed by atoms with Gasteiger partial charge in [0.15, 0.2) is 0 Å². The molecule has 2 aromatic carbocycles. The van der Waals surface area contributed by atoms with Crippen LogP contribution in [0.1, 0.15) is 11.1 Å². The van der Waals surface area contributed by atoms with E-state index >= 15 is 0 Å². The first kappa shape index (κ1) is 18.5. The second kappa shape index (κ2) is 8.33. The quantitative estimate of drug-likeness (QED) is 0.251. The van der Waals surface area contributed by atoms with Crippen molar-refractivity contribution in [1.82, 2.24) is 0 Å². The van der Waals surface area contributed by atoms with E-state index in [1.807, 2.05) is 0 Å². The number of amidine groups is 2. The van der Waals surface area contributed by atoms with E-state index in [1.54, 1.807) is 12.1 Å². The van der Waals surface area contributed by atoms with Gasteiger partial charge >= 0.3 is 0 Å². The van der Waals surface area contributed by atoms with Gasteiger partial charge in [0.25, 0.3) is 11.4 Å². The van der Waals surface area contributed by atoms with E-state index < -0.39 is 9.85 Å². The summed E-state index contributed by atoms with van der Waals surface area (Å²) >= 11 is 0. The van der Waals surface area contributed by atoms with E-state index in [9.17, 15) is 20.2 Å². The predicted octanol–water partition coefficient (Wildman–Crippen LogP) is 1.61. The molecule has 0 unspecified atom stereocenters. The number of rotatable bonds is 7. The molecule has 0 aliphatic carbocycles. The van der Waals surface area contributed by atoms with Crippen molar-refractivity contribution < 1.29 is 9.85 Å². The number of nitrogens with two attached hydrogens (primary N) is 2. The average molecular weight is 356 g/mol. The molecule has 0 fully saturated rings. The van der Waals surface area contributed by atoms with Gasteiger partial charge in [0.1, 0.15) is 11.7 Å². The Hall–Kier alpha value is -3.82. The highest BCUT2D eigenvalue weighted by atomic mass is 16.6. The lowest BCUT2D eigenvalue weighted by molar-refractivity contribution is -0.385. The maximum absolute atomic E-state index is 10.8. The van der Waals surface area contributed by atoms with Crippen LogP contribution in [0.3, 0.4) is 0 Å². The maximum atomic E-state index is 10.8. The lowest BCUT2D eigenvalue weighted by atomic mass is 10.2. The molecule has 0 aliphatic rings. The second-order valence-corrected chi connectivity index (χ2v) is 5.15. The van der Waals surface area contributed by atoms with Gasteiger partial charge in [-0.15, -0.1) is 0 Å². The zero-order valence-corrected chi connectivity index (χ0v) is 13.6. The SMILES string of the molecule is NC(=NCCN=C(N)c1cccc([N+](=O)[O-])c1)c1cccc([N+](=O)[O-])c1. The third-order valence-electron chi connectivity index (χ3n) is 3.37. The lowest BCUT2D eigenvalue weighted by Gasteiger charge is -2.02. The number of aliphatic imine (C=N–C) groups is 2. The Labute approximate surface area is 148 Å². The zero-order valence-electron chi connectivity index (χ0n) is 13.6. The van der Waals surface area contributed by atoms with Gasteiger partial charge in [-0.05, 0) is 0 Å². The fourth-order valence-electron chi connectivity index (χ4n) is 2.08. The summed E-state index contributed by atoms with van der Waals surface area (Å²) in [5.41, 5.74) is 12.4. The molecule has 0 spiro atoms. The first-order valence-corrected chi connectivity index (χ1v) is 7.48. The first-order valence-electron chi connectivity index (χ1n) is 7.48. The van der Waals surface area contributed by atoms with Crippen molar-refractivity contribution in [2.24, 2.45) is 21.5 Å². The smallest absolute Gasteiger partial charge is 0.270 e. The van der Waals surface area contributed by atoms with Crippen LogP contribution >= 0.6 is 0 Å². The number of non-ortho nitro benzene ring substituents is 2. The molecule has 0 atom stereocenters. The minimum absolute atomic E-state index is 0.0754.